The van der Waals surface area contributed by atoms with Gasteiger partial charge < -0.3 is 19.5 Å². The molecule has 0 radical (unpaired) electrons. The molecular formula is C41H47ClFN5O4. The standard InChI is InChI=1S/C41H47ClFN5O4/c1-46-24-34(33-23-29(43)5-10-32(33)41(46)51)28-21-36(42)35(38(22-28)52-2)25-47-17-13-26(14-18-47)3-4-27-15-19-48(20-16-27)31-8-6-30(7-9-31)44-37-11-12-39(49)45-40(37)50/h5-10,21-24,26-27,37,44H,3-4,11-20,25H2,1-2H3,(H,45,49,50). The number of anilines is 2. The number of carbonyl (C=O) groups is 2. The summed E-state index contributed by atoms with van der Waals surface area (Å²) in [6.07, 6.45) is 9.90. The molecule has 3 aliphatic heterocycles. The van der Waals surface area contributed by atoms with Crippen LogP contribution in [-0.2, 0) is 23.2 Å². The number of nitrogens with zero attached hydrogens (tertiary/aromatic N) is 3. The summed E-state index contributed by atoms with van der Waals surface area (Å²) in [5.41, 5.74) is 4.37. The number of benzene rings is 3. The Labute approximate surface area is 309 Å². The molecule has 1 unspecified atom stereocenters. The molecule has 9 nitrogen and oxygen atoms in total. The van der Waals surface area contributed by atoms with E-state index in [4.69, 9.17) is 16.3 Å². The van der Waals surface area contributed by atoms with Crippen molar-refractivity contribution in [2.45, 2.75) is 64.0 Å². The van der Waals surface area contributed by atoms with E-state index in [1.165, 1.54) is 67.0 Å². The van der Waals surface area contributed by atoms with Crippen LogP contribution in [0.2, 0.25) is 5.02 Å². The summed E-state index contributed by atoms with van der Waals surface area (Å²) in [6.45, 7) is 4.84. The van der Waals surface area contributed by atoms with E-state index >= 15 is 0 Å². The van der Waals surface area contributed by atoms with Crippen LogP contribution in [0.1, 0.15) is 56.9 Å². The van der Waals surface area contributed by atoms with E-state index in [-0.39, 0.29) is 23.4 Å². The number of imide groups is 1. The van der Waals surface area contributed by atoms with Crippen LogP contribution in [0.4, 0.5) is 15.8 Å². The first-order chi connectivity index (χ1) is 25.1. The highest BCUT2D eigenvalue weighted by Crippen LogP contribution is 2.38. The summed E-state index contributed by atoms with van der Waals surface area (Å²) in [7, 11) is 3.34. The smallest absolute Gasteiger partial charge is 0.258 e. The van der Waals surface area contributed by atoms with Gasteiger partial charge in [0.05, 0.1) is 7.11 Å². The molecule has 0 aliphatic carbocycles. The van der Waals surface area contributed by atoms with E-state index < -0.39 is 5.82 Å². The molecule has 274 valence electrons. The number of halogens is 2. The molecule has 3 saturated heterocycles. The van der Waals surface area contributed by atoms with Crippen LogP contribution in [0.5, 0.6) is 5.75 Å². The Kier molecular flexibility index (Phi) is 10.8. The number of rotatable bonds is 10. The van der Waals surface area contributed by atoms with Crippen LogP contribution in [0.15, 0.2) is 65.6 Å². The number of aryl methyl sites for hydroxylation is 1. The number of hydrogen-bond donors (Lipinski definition) is 2. The molecule has 7 rings (SSSR count). The van der Waals surface area contributed by atoms with E-state index in [9.17, 15) is 18.8 Å². The van der Waals surface area contributed by atoms with Gasteiger partial charge >= 0.3 is 0 Å². The summed E-state index contributed by atoms with van der Waals surface area (Å²) < 4.78 is 21.6. The average Bonchev–Trinajstić information content (AvgIpc) is 3.15. The Balaban J connectivity index is 0.881. The van der Waals surface area contributed by atoms with Gasteiger partial charge in [0.2, 0.25) is 11.8 Å². The predicted octanol–water partition coefficient (Wildman–Crippen LogP) is 7.13. The van der Waals surface area contributed by atoms with Crippen molar-refractivity contribution >= 4 is 45.6 Å². The highest BCUT2D eigenvalue weighted by Gasteiger charge is 2.27. The molecule has 2 N–H and O–H groups in total. The maximum atomic E-state index is 14.3. The lowest BCUT2D eigenvalue weighted by atomic mass is 9.85. The second-order valence-electron chi connectivity index (χ2n) is 14.7. The lowest BCUT2D eigenvalue weighted by molar-refractivity contribution is -0.133. The van der Waals surface area contributed by atoms with Crippen molar-refractivity contribution in [2.75, 3.05) is 43.5 Å². The predicted molar refractivity (Wildman–Crippen MR) is 205 cm³/mol. The van der Waals surface area contributed by atoms with Gasteiger partial charge in [0.1, 0.15) is 17.6 Å². The van der Waals surface area contributed by atoms with Gasteiger partial charge in [0.15, 0.2) is 0 Å². The number of fused-ring (bicyclic) bond motifs is 1. The van der Waals surface area contributed by atoms with Gasteiger partial charge in [0.25, 0.3) is 5.56 Å². The molecule has 0 bridgehead atoms. The second kappa shape index (κ2) is 15.7. The van der Waals surface area contributed by atoms with E-state index in [1.807, 2.05) is 24.3 Å². The molecule has 1 atom stereocenters. The van der Waals surface area contributed by atoms with E-state index in [1.54, 1.807) is 20.4 Å². The highest BCUT2D eigenvalue weighted by atomic mass is 35.5. The van der Waals surface area contributed by atoms with Crippen molar-refractivity contribution in [1.82, 2.24) is 14.8 Å². The number of nitrogens with one attached hydrogen (secondary N) is 2. The molecule has 52 heavy (non-hydrogen) atoms. The number of hydrogen-bond acceptors (Lipinski definition) is 7. The van der Waals surface area contributed by atoms with Crippen molar-refractivity contribution < 1.29 is 18.7 Å². The molecule has 2 amide bonds. The molecule has 3 aliphatic rings. The van der Waals surface area contributed by atoms with Crippen LogP contribution < -0.4 is 25.8 Å². The molecule has 0 saturated carbocycles. The van der Waals surface area contributed by atoms with Crippen LogP contribution in [0.3, 0.4) is 0 Å². The van der Waals surface area contributed by atoms with Crippen LogP contribution >= 0.6 is 11.6 Å². The van der Waals surface area contributed by atoms with Gasteiger partial charge in [0, 0.05) is 72.2 Å². The zero-order valence-corrected chi connectivity index (χ0v) is 30.7. The summed E-state index contributed by atoms with van der Waals surface area (Å²) in [5.74, 6) is 1.32. The quantitative estimate of drug-likeness (QED) is 0.168. The molecule has 11 heteroatoms. The molecular weight excluding hydrogens is 681 g/mol. The minimum absolute atomic E-state index is 0.176. The number of pyridine rings is 1. The SMILES string of the molecule is COc1cc(-c2cn(C)c(=O)c3ccc(F)cc23)cc(Cl)c1CN1CCC(CCC2CCN(c3ccc(NC4CCC(=O)NC4=O)cc3)CC2)CC1. The first-order valence-corrected chi connectivity index (χ1v) is 18.9. The van der Waals surface area contributed by atoms with Crippen molar-refractivity contribution in [2.24, 2.45) is 18.9 Å². The third-order valence-corrected chi connectivity index (χ3v) is 11.7. The molecule has 1 aromatic heterocycles. The van der Waals surface area contributed by atoms with Gasteiger partial charge in [-0.3, -0.25) is 24.6 Å². The summed E-state index contributed by atoms with van der Waals surface area (Å²) in [4.78, 5) is 41.2. The fraction of sp³-hybridized carbons (Fsp3) is 0.439. The van der Waals surface area contributed by atoms with E-state index in [2.05, 4.69) is 32.6 Å². The monoisotopic (exact) mass is 727 g/mol. The molecule has 0 spiro atoms. The van der Waals surface area contributed by atoms with Crippen LogP contribution in [-0.4, -0.2) is 60.6 Å². The van der Waals surface area contributed by atoms with Crippen LogP contribution in [0.25, 0.3) is 21.9 Å². The maximum absolute atomic E-state index is 14.3. The van der Waals surface area contributed by atoms with Gasteiger partial charge in [-0.25, -0.2) is 4.39 Å². The number of carbonyl (C=O) groups excluding carboxylic acids is 2. The minimum atomic E-state index is -0.396. The first-order valence-electron chi connectivity index (χ1n) is 18.5. The third-order valence-electron chi connectivity index (χ3n) is 11.3. The van der Waals surface area contributed by atoms with Crippen molar-refractivity contribution in [3.63, 3.8) is 0 Å². The first kappa shape index (κ1) is 36.0. The minimum Gasteiger partial charge on any atom is -0.496 e. The molecule has 3 aromatic carbocycles. The number of likely N-dealkylation sites (tertiary alicyclic amines) is 1. The van der Waals surface area contributed by atoms with Crippen molar-refractivity contribution in [3.05, 3.63) is 87.6 Å². The van der Waals surface area contributed by atoms with E-state index in [0.717, 1.165) is 60.4 Å². The average molecular weight is 728 g/mol. The number of methoxy groups -OCH3 is 1. The van der Waals surface area contributed by atoms with Gasteiger partial charge in [-0.05, 0) is 123 Å². The van der Waals surface area contributed by atoms with Gasteiger partial charge in [-0.2, -0.15) is 0 Å². The molecule has 4 aromatic rings. The van der Waals surface area contributed by atoms with Crippen molar-refractivity contribution in [1.29, 1.82) is 0 Å². The zero-order valence-electron chi connectivity index (χ0n) is 29.9. The van der Waals surface area contributed by atoms with Gasteiger partial charge in [-0.15, -0.1) is 0 Å². The fourth-order valence-corrected chi connectivity index (χ4v) is 8.45. The summed E-state index contributed by atoms with van der Waals surface area (Å²) >= 11 is 6.92. The topological polar surface area (TPSA) is 95.9 Å². The fourth-order valence-electron chi connectivity index (χ4n) is 8.18. The zero-order chi connectivity index (χ0) is 36.4. The Morgan fingerprint density at radius 1 is 0.885 bits per heavy atom. The lowest BCUT2D eigenvalue weighted by Gasteiger charge is -2.36. The summed E-state index contributed by atoms with van der Waals surface area (Å²) in [6, 6.07) is 16.0. The Morgan fingerprint density at radius 2 is 1.58 bits per heavy atom. The van der Waals surface area contributed by atoms with Gasteiger partial charge in [-0.1, -0.05) is 24.4 Å². The Bertz CT molecular complexity index is 2000. The summed E-state index contributed by atoms with van der Waals surface area (Å²) in [5, 5.41) is 7.27. The third kappa shape index (κ3) is 7.98. The Hall–Kier alpha value is -4.41. The molecule has 4 heterocycles. The number of aromatic nitrogens is 1. The lowest BCUT2D eigenvalue weighted by Crippen LogP contribution is -2.47. The van der Waals surface area contributed by atoms with Crippen LogP contribution in [0, 0.1) is 17.7 Å². The number of ether oxygens (including phenoxy) is 1. The van der Waals surface area contributed by atoms with E-state index in [0.29, 0.717) is 40.9 Å². The number of piperidine rings is 3. The number of amides is 2. The maximum Gasteiger partial charge on any atom is 0.258 e. The largest absolute Gasteiger partial charge is 0.496 e. The second-order valence-corrected chi connectivity index (χ2v) is 15.1. The highest BCUT2D eigenvalue weighted by molar-refractivity contribution is 6.32. The normalized spacial score (nSPS) is 19.2. The molecule has 3 fully saturated rings. The Morgan fingerprint density at radius 3 is 2.25 bits per heavy atom. The van der Waals surface area contributed by atoms with Crippen molar-refractivity contribution in [3.8, 4) is 16.9 Å².